The molecule has 1 amide bonds. The lowest BCUT2D eigenvalue weighted by atomic mass is 10.1. The lowest BCUT2D eigenvalue weighted by Gasteiger charge is -2.06. The van der Waals surface area contributed by atoms with Gasteiger partial charge in [-0.3, -0.25) is 4.79 Å². The summed E-state index contributed by atoms with van der Waals surface area (Å²) in [5.41, 5.74) is 2.21. The Hall–Kier alpha value is -1.86. The van der Waals surface area contributed by atoms with Crippen LogP contribution in [0.25, 0.3) is 11.0 Å². The fourth-order valence-electron chi connectivity index (χ4n) is 2.31. The second-order valence-corrected chi connectivity index (χ2v) is 5.94. The number of hydrogen-bond acceptors (Lipinski definition) is 3. The Balaban J connectivity index is 2.00. The van der Waals surface area contributed by atoms with Crippen molar-refractivity contribution in [2.45, 2.75) is 6.61 Å². The van der Waals surface area contributed by atoms with E-state index in [0.29, 0.717) is 18.0 Å². The summed E-state index contributed by atoms with van der Waals surface area (Å²) in [7, 11) is 1.60. The number of nitrogens with one attached hydrogen (secondary N) is 1. The molecule has 4 nitrogen and oxygen atoms in total. The number of para-hydroxylation sites is 2. The van der Waals surface area contributed by atoms with Crippen molar-refractivity contribution in [1.82, 2.24) is 0 Å². The van der Waals surface area contributed by atoms with Gasteiger partial charge in [-0.15, -0.1) is 0 Å². The first-order chi connectivity index (χ1) is 10.7. The van der Waals surface area contributed by atoms with Crippen LogP contribution >= 0.6 is 22.6 Å². The predicted octanol–water partition coefficient (Wildman–Crippen LogP) is 4.44. The molecule has 0 unspecified atom stereocenters. The molecule has 0 aliphatic rings. The Morgan fingerprint density at radius 3 is 2.68 bits per heavy atom. The summed E-state index contributed by atoms with van der Waals surface area (Å²) in [6.45, 7) is 0.325. The number of anilines is 1. The van der Waals surface area contributed by atoms with Gasteiger partial charge in [-0.05, 0) is 40.8 Å². The lowest BCUT2D eigenvalue weighted by Crippen LogP contribution is -2.14. The molecule has 1 aromatic heterocycles. The molecule has 1 heterocycles. The van der Waals surface area contributed by atoms with E-state index in [4.69, 9.17) is 9.15 Å². The smallest absolute Gasteiger partial charge is 0.291 e. The number of rotatable bonds is 4. The van der Waals surface area contributed by atoms with Gasteiger partial charge in [0.2, 0.25) is 0 Å². The summed E-state index contributed by atoms with van der Waals surface area (Å²) in [6, 6.07) is 15.2. The topological polar surface area (TPSA) is 51.5 Å². The monoisotopic (exact) mass is 407 g/mol. The third-order valence-electron chi connectivity index (χ3n) is 3.32. The molecule has 0 fully saturated rings. The summed E-state index contributed by atoms with van der Waals surface area (Å²) in [4.78, 5) is 12.6. The van der Waals surface area contributed by atoms with E-state index in [0.717, 1.165) is 20.2 Å². The highest BCUT2D eigenvalue weighted by atomic mass is 127. The zero-order chi connectivity index (χ0) is 15.5. The maximum Gasteiger partial charge on any atom is 0.291 e. The molecule has 0 bridgehead atoms. The van der Waals surface area contributed by atoms with Crippen LogP contribution in [0, 0.1) is 3.57 Å². The highest BCUT2D eigenvalue weighted by molar-refractivity contribution is 14.1. The van der Waals surface area contributed by atoms with Crippen LogP contribution in [0.15, 0.2) is 52.9 Å². The Labute approximate surface area is 141 Å². The van der Waals surface area contributed by atoms with Crippen molar-refractivity contribution < 1.29 is 13.9 Å². The summed E-state index contributed by atoms with van der Waals surface area (Å²) in [5, 5.41) is 3.79. The standard InChI is InChI=1S/C17H14INO3/c1-21-10-12-11-6-2-5-9-15(11)22-16(12)17(20)19-14-8-4-3-7-13(14)18/h2-9H,10H2,1H3,(H,19,20). The molecule has 3 aromatic rings. The van der Waals surface area contributed by atoms with Crippen LogP contribution in [0.5, 0.6) is 0 Å². The number of carbonyl (C=O) groups excluding carboxylic acids is 1. The number of benzene rings is 2. The van der Waals surface area contributed by atoms with Gasteiger partial charge in [0.25, 0.3) is 5.91 Å². The van der Waals surface area contributed by atoms with E-state index < -0.39 is 0 Å². The average Bonchev–Trinajstić information content (AvgIpc) is 2.89. The van der Waals surface area contributed by atoms with E-state index in [-0.39, 0.29) is 5.91 Å². The normalized spacial score (nSPS) is 10.8. The third kappa shape index (κ3) is 2.86. The van der Waals surface area contributed by atoms with Crippen LogP contribution in [0.1, 0.15) is 16.1 Å². The zero-order valence-corrected chi connectivity index (χ0v) is 14.1. The Morgan fingerprint density at radius 1 is 1.18 bits per heavy atom. The van der Waals surface area contributed by atoms with Gasteiger partial charge in [-0.1, -0.05) is 30.3 Å². The van der Waals surface area contributed by atoms with Gasteiger partial charge < -0.3 is 14.5 Å². The molecule has 22 heavy (non-hydrogen) atoms. The van der Waals surface area contributed by atoms with Gasteiger partial charge in [0, 0.05) is 21.6 Å². The van der Waals surface area contributed by atoms with Gasteiger partial charge in [0.05, 0.1) is 12.3 Å². The first-order valence-corrected chi connectivity index (χ1v) is 7.84. The molecule has 3 rings (SSSR count). The fraction of sp³-hybridized carbons (Fsp3) is 0.118. The molecule has 0 radical (unpaired) electrons. The highest BCUT2D eigenvalue weighted by Gasteiger charge is 2.20. The van der Waals surface area contributed by atoms with Gasteiger partial charge in [-0.25, -0.2) is 0 Å². The van der Waals surface area contributed by atoms with Gasteiger partial charge in [0.1, 0.15) is 5.58 Å². The third-order valence-corrected chi connectivity index (χ3v) is 4.26. The second-order valence-electron chi connectivity index (χ2n) is 4.77. The molecule has 1 N–H and O–H groups in total. The van der Waals surface area contributed by atoms with Crippen LogP contribution in [0.4, 0.5) is 5.69 Å². The average molecular weight is 407 g/mol. The van der Waals surface area contributed by atoms with E-state index in [2.05, 4.69) is 27.9 Å². The van der Waals surface area contributed by atoms with Gasteiger partial charge in [-0.2, -0.15) is 0 Å². The predicted molar refractivity (Wildman–Crippen MR) is 94.0 cm³/mol. The van der Waals surface area contributed by atoms with Crippen LogP contribution in [-0.4, -0.2) is 13.0 Å². The van der Waals surface area contributed by atoms with Crippen molar-refractivity contribution in [2.75, 3.05) is 12.4 Å². The molecular formula is C17H14INO3. The summed E-state index contributed by atoms with van der Waals surface area (Å²) < 4.78 is 11.9. The minimum Gasteiger partial charge on any atom is -0.451 e. The SMILES string of the molecule is COCc1c(C(=O)Nc2ccccc2I)oc2ccccc12. The van der Waals surface area contributed by atoms with Crippen molar-refractivity contribution in [3.05, 3.63) is 63.4 Å². The van der Waals surface area contributed by atoms with Crippen molar-refractivity contribution in [1.29, 1.82) is 0 Å². The second kappa shape index (κ2) is 6.50. The van der Waals surface area contributed by atoms with Crippen molar-refractivity contribution >= 4 is 45.2 Å². The molecule has 0 spiro atoms. The van der Waals surface area contributed by atoms with Crippen LogP contribution in [0.3, 0.4) is 0 Å². The molecular weight excluding hydrogens is 393 g/mol. The van der Waals surface area contributed by atoms with E-state index in [1.54, 1.807) is 7.11 Å². The van der Waals surface area contributed by atoms with E-state index in [9.17, 15) is 4.79 Å². The van der Waals surface area contributed by atoms with Crippen LogP contribution in [-0.2, 0) is 11.3 Å². The summed E-state index contributed by atoms with van der Waals surface area (Å²) in [5.74, 6) is 0.0232. The maximum atomic E-state index is 12.6. The first kappa shape index (κ1) is 15.1. The maximum absolute atomic E-state index is 12.6. The van der Waals surface area contributed by atoms with E-state index in [1.807, 2.05) is 48.5 Å². The molecule has 0 saturated heterocycles. The number of hydrogen-bond donors (Lipinski definition) is 1. The Morgan fingerprint density at radius 2 is 1.91 bits per heavy atom. The number of amides is 1. The number of furan rings is 1. The van der Waals surface area contributed by atoms with Crippen LogP contribution < -0.4 is 5.32 Å². The molecule has 5 heteroatoms. The quantitative estimate of drug-likeness (QED) is 0.651. The molecule has 0 aliphatic carbocycles. The Bertz CT molecular complexity index is 826. The number of ether oxygens (including phenoxy) is 1. The van der Waals surface area contributed by atoms with Crippen molar-refractivity contribution in [3.63, 3.8) is 0 Å². The number of fused-ring (bicyclic) bond motifs is 1. The molecule has 112 valence electrons. The number of methoxy groups -OCH3 is 1. The minimum atomic E-state index is -0.271. The molecule has 0 saturated carbocycles. The Kier molecular flexibility index (Phi) is 4.44. The summed E-state index contributed by atoms with van der Waals surface area (Å²) in [6.07, 6.45) is 0. The number of carbonyl (C=O) groups is 1. The molecule has 0 atom stereocenters. The van der Waals surface area contributed by atoms with E-state index in [1.165, 1.54) is 0 Å². The van der Waals surface area contributed by atoms with Crippen LogP contribution in [0.2, 0.25) is 0 Å². The molecule has 2 aromatic carbocycles. The largest absolute Gasteiger partial charge is 0.451 e. The first-order valence-electron chi connectivity index (χ1n) is 6.76. The van der Waals surface area contributed by atoms with Crippen molar-refractivity contribution in [3.8, 4) is 0 Å². The summed E-state index contributed by atoms with van der Waals surface area (Å²) >= 11 is 2.18. The number of halogens is 1. The lowest BCUT2D eigenvalue weighted by molar-refractivity contribution is 0.0992. The van der Waals surface area contributed by atoms with E-state index >= 15 is 0 Å². The van der Waals surface area contributed by atoms with Gasteiger partial charge in [0.15, 0.2) is 5.76 Å². The highest BCUT2D eigenvalue weighted by Crippen LogP contribution is 2.27. The fourth-order valence-corrected chi connectivity index (χ4v) is 2.83. The molecule has 0 aliphatic heterocycles. The minimum absolute atomic E-state index is 0.271. The van der Waals surface area contributed by atoms with Gasteiger partial charge >= 0.3 is 0 Å². The zero-order valence-electron chi connectivity index (χ0n) is 11.9. The van der Waals surface area contributed by atoms with Crippen molar-refractivity contribution in [2.24, 2.45) is 0 Å².